The fraction of sp³-hybridized carbons (Fsp3) is 0.194. The van der Waals surface area contributed by atoms with Gasteiger partial charge in [-0.05, 0) is 73.9 Å². The van der Waals surface area contributed by atoms with Gasteiger partial charge in [-0.15, -0.1) is 46.7 Å². The highest BCUT2D eigenvalue weighted by Gasteiger charge is 2.13. The molecular formula is C31H28Cl2N4O2S2. The Morgan fingerprint density at radius 3 is 1.73 bits per heavy atom. The molecule has 41 heavy (non-hydrogen) atoms. The van der Waals surface area contributed by atoms with Crippen LogP contribution < -0.4 is 0 Å². The maximum atomic E-state index is 11.0. The predicted octanol–water partition coefficient (Wildman–Crippen LogP) is 8.35. The van der Waals surface area contributed by atoms with Crippen LogP contribution in [-0.2, 0) is 6.61 Å². The van der Waals surface area contributed by atoms with Crippen LogP contribution in [0.25, 0.3) is 43.6 Å². The van der Waals surface area contributed by atoms with Gasteiger partial charge in [-0.3, -0.25) is 14.8 Å². The fourth-order valence-electron chi connectivity index (χ4n) is 4.76. The highest BCUT2D eigenvalue weighted by molar-refractivity contribution is 7.99. The van der Waals surface area contributed by atoms with E-state index in [9.17, 15) is 9.90 Å². The minimum absolute atomic E-state index is 0.0498. The molecule has 0 amide bonds. The lowest BCUT2D eigenvalue weighted by Gasteiger charge is -2.11. The van der Waals surface area contributed by atoms with Gasteiger partial charge in [-0.2, -0.15) is 0 Å². The number of aryl methyl sites for hydroxylation is 2. The van der Waals surface area contributed by atoms with Crippen LogP contribution in [0.2, 0.25) is 0 Å². The maximum absolute atomic E-state index is 11.0. The smallest absolute Gasteiger partial charge is 0.168 e. The second-order valence-electron chi connectivity index (χ2n) is 8.93. The largest absolute Gasteiger partial charge is 0.390 e. The third-order valence-corrected chi connectivity index (χ3v) is 7.94. The van der Waals surface area contributed by atoms with Gasteiger partial charge in [0.25, 0.3) is 0 Å². The number of aromatic nitrogens is 4. The minimum atomic E-state index is -0.0498. The number of aliphatic hydroxyl groups is 1. The Bertz CT molecular complexity index is 1870. The molecule has 4 heterocycles. The Hall–Kier alpha value is -3.01. The third-order valence-electron chi connectivity index (χ3n) is 6.42. The van der Waals surface area contributed by atoms with E-state index in [1.54, 1.807) is 35.9 Å². The van der Waals surface area contributed by atoms with Crippen molar-refractivity contribution in [2.24, 2.45) is 0 Å². The second kappa shape index (κ2) is 14.2. The van der Waals surface area contributed by atoms with Crippen LogP contribution in [-0.4, -0.2) is 49.2 Å². The van der Waals surface area contributed by atoms with Crippen molar-refractivity contribution >= 4 is 96.6 Å². The summed E-state index contributed by atoms with van der Waals surface area (Å²) in [5.74, 6) is 0. The number of benzene rings is 2. The molecule has 0 radical (unpaired) electrons. The summed E-state index contributed by atoms with van der Waals surface area (Å²) in [5, 5.41) is 13.9. The lowest BCUT2D eigenvalue weighted by molar-refractivity contribution is 0.111. The van der Waals surface area contributed by atoms with Crippen molar-refractivity contribution in [3.63, 3.8) is 0 Å². The maximum Gasteiger partial charge on any atom is 0.168 e. The highest BCUT2D eigenvalue weighted by Crippen LogP contribution is 2.34. The van der Waals surface area contributed by atoms with Crippen LogP contribution in [0.1, 0.15) is 27.3 Å². The Labute approximate surface area is 256 Å². The van der Waals surface area contributed by atoms with E-state index in [0.717, 1.165) is 65.3 Å². The average Bonchev–Trinajstić information content (AvgIpc) is 3.00. The first-order chi connectivity index (χ1) is 19.9. The molecule has 2 aromatic carbocycles. The van der Waals surface area contributed by atoms with Gasteiger partial charge in [0.05, 0.1) is 39.7 Å². The van der Waals surface area contributed by atoms with Crippen LogP contribution in [0.15, 0.2) is 70.7 Å². The van der Waals surface area contributed by atoms with E-state index in [-0.39, 0.29) is 11.9 Å². The topological polar surface area (TPSA) is 88.9 Å². The SMILES string of the molecule is CSc1cc(C=O)nc2c1c(C)cc1cccnc12.CSc1cc(CO)nc2c1c(C)cc1cccnc12.ClCCl. The number of halogens is 2. The van der Waals surface area contributed by atoms with E-state index in [1.165, 1.54) is 5.56 Å². The summed E-state index contributed by atoms with van der Waals surface area (Å²) >= 11 is 12.8. The van der Waals surface area contributed by atoms with E-state index < -0.39 is 0 Å². The molecule has 0 bridgehead atoms. The average molecular weight is 624 g/mol. The molecule has 4 aromatic heterocycles. The molecule has 1 N–H and O–H groups in total. The number of pyridine rings is 4. The Morgan fingerprint density at radius 2 is 1.27 bits per heavy atom. The third kappa shape index (κ3) is 6.58. The van der Waals surface area contributed by atoms with E-state index in [4.69, 9.17) is 23.2 Å². The zero-order valence-corrected chi connectivity index (χ0v) is 26.1. The normalized spacial score (nSPS) is 10.8. The number of hydrogen-bond acceptors (Lipinski definition) is 8. The lowest BCUT2D eigenvalue weighted by atomic mass is 10.0. The summed E-state index contributed by atoms with van der Waals surface area (Å²) < 4.78 is 0. The van der Waals surface area contributed by atoms with Gasteiger partial charge in [0, 0.05) is 43.7 Å². The van der Waals surface area contributed by atoms with Crippen LogP contribution in [0, 0.1) is 13.8 Å². The molecule has 10 heteroatoms. The number of carbonyl (C=O) groups excluding carboxylic acids is 1. The van der Waals surface area contributed by atoms with Gasteiger partial charge >= 0.3 is 0 Å². The van der Waals surface area contributed by atoms with E-state index in [2.05, 4.69) is 45.9 Å². The van der Waals surface area contributed by atoms with Gasteiger partial charge in [0.15, 0.2) is 6.29 Å². The number of aldehydes is 1. The standard InChI is InChI=1S/C15H14N2OS.C15H12N2OS.CH2Cl2/c2*1-9-6-10-4-3-5-16-14(10)15-13(9)12(19-2)7-11(8-18)17-15;2-1-3/h3-7,18H,8H2,1-2H3;3-8H,1-2H3;1H2. The zero-order valence-electron chi connectivity index (χ0n) is 23.0. The van der Waals surface area contributed by atoms with E-state index >= 15 is 0 Å². The number of carbonyl (C=O) groups is 1. The first-order valence-electron chi connectivity index (χ1n) is 12.5. The van der Waals surface area contributed by atoms with Crippen molar-refractivity contribution in [1.82, 2.24) is 19.9 Å². The molecule has 0 unspecified atom stereocenters. The van der Waals surface area contributed by atoms with Gasteiger partial charge in [0.1, 0.15) is 5.69 Å². The first-order valence-corrected chi connectivity index (χ1v) is 16.1. The Morgan fingerprint density at radius 1 is 0.780 bits per heavy atom. The summed E-state index contributed by atoms with van der Waals surface area (Å²) in [4.78, 5) is 31.1. The van der Waals surface area contributed by atoms with Gasteiger partial charge in [-0.25, -0.2) is 9.97 Å². The molecular weight excluding hydrogens is 595 g/mol. The molecule has 210 valence electrons. The van der Waals surface area contributed by atoms with Gasteiger partial charge in [-0.1, -0.05) is 12.1 Å². The quantitative estimate of drug-likeness (QED) is 0.0907. The summed E-state index contributed by atoms with van der Waals surface area (Å²) in [6.07, 6.45) is 8.37. The summed E-state index contributed by atoms with van der Waals surface area (Å²) in [5.41, 5.74) is 6.93. The Balaban J connectivity index is 0.000000173. The zero-order chi connectivity index (χ0) is 29.5. The lowest BCUT2D eigenvalue weighted by Crippen LogP contribution is -1.95. The van der Waals surface area contributed by atoms with Crippen LogP contribution >= 0.6 is 46.7 Å². The van der Waals surface area contributed by atoms with Crippen molar-refractivity contribution in [3.05, 3.63) is 83.4 Å². The van der Waals surface area contributed by atoms with E-state index in [0.29, 0.717) is 11.4 Å². The number of thioether (sulfide) groups is 2. The molecule has 0 saturated heterocycles. The molecule has 0 aliphatic carbocycles. The number of hydrogen-bond donors (Lipinski definition) is 1. The molecule has 6 nitrogen and oxygen atoms in total. The molecule has 6 aromatic rings. The number of nitrogens with zero attached hydrogens (tertiary/aromatic N) is 4. The minimum Gasteiger partial charge on any atom is -0.390 e. The second-order valence-corrected chi connectivity index (χ2v) is 11.4. The van der Waals surface area contributed by atoms with Gasteiger partial charge < -0.3 is 5.11 Å². The first kappa shape index (κ1) is 30.9. The van der Waals surface area contributed by atoms with Crippen LogP contribution in [0.3, 0.4) is 0 Å². The fourth-order valence-corrected chi connectivity index (χ4v) is 6.17. The number of aliphatic hydroxyl groups excluding tert-OH is 1. The number of rotatable bonds is 4. The molecule has 0 aliphatic rings. The molecule has 0 spiro atoms. The molecule has 0 aliphatic heterocycles. The van der Waals surface area contributed by atoms with Crippen molar-refractivity contribution in [2.45, 2.75) is 30.2 Å². The summed E-state index contributed by atoms with van der Waals surface area (Å²) in [6.45, 7) is 4.11. The summed E-state index contributed by atoms with van der Waals surface area (Å²) in [7, 11) is 0. The van der Waals surface area contributed by atoms with Crippen molar-refractivity contribution in [1.29, 1.82) is 0 Å². The summed E-state index contributed by atoms with van der Waals surface area (Å²) in [6, 6.07) is 15.9. The van der Waals surface area contributed by atoms with Crippen molar-refractivity contribution in [2.75, 3.05) is 17.9 Å². The monoisotopic (exact) mass is 622 g/mol. The van der Waals surface area contributed by atoms with Crippen LogP contribution in [0.5, 0.6) is 0 Å². The van der Waals surface area contributed by atoms with Crippen molar-refractivity contribution < 1.29 is 9.90 Å². The molecule has 0 fully saturated rings. The molecule has 6 rings (SSSR count). The number of alkyl halides is 2. The number of fused-ring (bicyclic) bond motifs is 6. The molecule has 0 saturated carbocycles. The predicted molar refractivity (Wildman–Crippen MR) is 175 cm³/mol. The Kier molecular flexibility index (Phi) is 10.8. The molecule has 0 atom stereocenters. The van der Waals surface area contributed by atoms with E-state index in [1.807, 2.05) is 48.9 Å². The van der Waals surface area contributed by atoms with Gasteiger partial charge in [0.2, 0.25) is 0 Å². The van der Waals surface area contributed by atoms with Crippen molar-refractivity contribution in [3.8, 4) is 0 Å². The van der Waals surface area contributed by atoms with Crippen LogP contribution in [0.4, 0.5) is 0 Å². The highest BCUT2D eigenvalue weighted by atomic mass is 35.5.